The molecule has 1 atom stereocenters. The van der Waals surface area contributed by atoms with E-state index in [1.54, 1.807) is 0 Å². The fourth-order valence-corrected chi connectivity index (χ4v) is 4.40. The molecule has 1 heterocycles. The summed E-state index contributed by atoms with van der Waals surface area (Å²) >= 11 is 4.13. The van der Waals surface area contributed by atoms with E-state index in [-0.39, 0.29) is 10.5 Å². The molecule has 1 N–H and O–H groups in total. The molecule has 1 rings (SSSR count). The Morgan fingerprint density at radius 3 is 2.77 bits per heavy atom. The molecule has 0 amide bonds. The van der Waals surface area contributed by atoms with Crippen LogP contribution < -0.4 is 0 Å². The molecule has 1 unspecified atom stereocenters. The van der Waals surface area contributed by atoms with Crippen LogP contribution in [0, 0.1) is 0 Å². The maximum atomic E-state index is 11.3. The van der Waals surface area contributed by atoms with Crippen molar-refractivity contribution in [2.24, 2.45) is 0 Å². The molecule has 0 aromatic rings. The molecule has 1 fully saturated rings. The van der Waals surface area contributed by atoms with Gasteiger partial charge in [-0.3, -0.25) is 4.79 Å². The van der Waals surface area contributed by atoms with E-state index >= 15 is 0 Å². The fraction of sp³-hybridized carbons (Fsp3) is 0.800. The molecule has 0 aliphatic carbocycles. The first-order valence-electron chi connectivity index (χ1n) is 3.35. The zero-order chi connectivity index (χ0) is 10.1. The lowest BCUT2D eigenvalue weighted by Crippen LogP contribution is -2.42. The van der Waals surface area contributed by atoms with Gasteiger partial charge < -0.3 is 5.11 Å². The van der Waals surface area contributed by atoms with Gasteiger partial charge in [-0.05, 0) is 0 Å². The number of rotatable bonds is 3. The minimum atomic E-state index is -3.44. The van der Waals surface area contributed by atoms with Crippen molar-refractivity contribution in [1.29, 1.82) is 0 Å². The molecule has 5 nitrogen and oxygen atoms in total. The third kappa shape index (κ3) is 2.36. The average Bonchev–Trinajstić information content (AvgIpc) is 2.52. The van der Waals surface area contributed by atoms with E-state index in [1.807, 2.05) is 0 Å². The first-order valence-corrected chi connectivity index (χ1v) is 7.23. The Bertz CT molecular complexity index is 304. The highest BCUT2D eigenvalue weighted by Crippen LogP contribution is 2.25. The molecule has 0 bridgehead atoms. The van der Waals surface area contributed by atoms with Crippen molar-refractivity contribution in [1.82, 2.24) is 4.31 Å². The van der Waals surface area contributed by atoms with E-state index in [1.165, 1.54) is 11.8 Å². The van der Waals surface area contributed by atoms with Crippen LogP contribution in [0.3, 0.4) is 0 Å². The van der Waals surface area contributed by atoms with Crippen molar-refractivity contribution < 1.29 is 18.3 Å². The molecule has 0 aromatic carbocycles. The summed E-state index contributed by atoms with van der Waals surface area (Å²) in [5.74, 6) is -0.540. The van der Waals surface area contributed by atoms with Gasteiger partial charge >= 0.3 is 5.97 Å². The van der Waals surface area contributed by atoms with Crippen LogP contribution in [-0.2, 0) is 14.8 Å². The van der Waals surface area contributed by atoms with E-state index in [2.05, 4.69) is 15.9 Å². The molecule has 0 saturated carbocycles. The number of hydrogen-bond donors (Lipinski definition) is 1. The predicted octanol–water partition coefficient (Wildman–Crippen LogP) is 0.128. The Hall–Kier alpha value is 0.210. The van der Waals surface area contributed by atoms with Crippen LogP contribution in [-0.4, -0.2) is 46.1 Å². The van der Waals surface area contributed by atoms with Crippen LogP contribution in [0.15, 0.2) is 0 Å². The third-order valence-electron chi connectivity index (χ3n) is 1.62. The number of nitrogens with zero attached hydrogens (tertiary/aromatic N) is 1. The SMILES string of the molecule is O=C(O)C1CSCN1S(=O)(=O)CBr. The second-order valence-corrected chi connectivity index (χ2v) is 6.69. The Kier molecular flexibility index (Phi) is 3.61. The first-order chi connectivity index (χ1) is 5.99. The van der Waals surface area contributed by atoms with E-state index in [0.29, 0.717) is 5.75 Å². The molecular weight excluding hydrogens is 282 g/mol. The van der Waals surface area contributed by atoms with Crippen LogP contribution in [0.2, 0.25) is 0 Å². The number of hydrogen-bond acceptors (Lipinski definition) is 4. The van der Waals surface area contributed by atoms with E-state index in [9.17, 15) is 13.2 Å². The molecule has 13 heavy (non-hydrogen) atoms. The van der Waals surface area contributed by atoms with Gasteiger partial charge in [0.2, 0.25) is 10.0 Å². The largest absolute Gasteiger partial charge is 0.480 e. The summed E-state index contributed by atoms with van der Waals surface area (Å²) in [6.45, 7) is 0. The summed E-state index contributed by atoms with van der Waals surface area (Å²) in [5, 5.41) is 8.71. The normalized spacial score (nSPS) is 24.8. The average molecular weight is 290 g/mol. The predicted molar refractivity (Wildman–Crippen MR) is 53.3 cm³/mol. The second kappa shape index (κ2) is 4.16. The summed E-state index contributed by atoms with van der Waals surface area (Å²) in [5.41, 5.74) is 0. The van der Waals surface area contributed by atoms with Gasteiger partial charge in [-0.15, -0.1) is 11.8 Å². The van der Waals surface area contributed by atoms with Crippen molar-refractivity contribution in [2.75, 3.05) is 16.3 Å². The number of alkyl halides is 1. The highest BCUT2D eigenvalue weighted by atomic mass is 79.9. The molecule has 0 radical (unpaired) electrons. The Morgan fingerprint density at radius 2 is 2.31 bits per heavy atom. The zero-order valence-electron chi connectivity index (χ0n) is 6.51. The number of carboxylic acids is 1. The van der Waals surface area contributed by atoms with Gasteiger partial charge in [-0.25, -0.2) is 8.42 Å². The second-order valence-electron chi connectivity index (χ2n) is 2.46. The van der Waals surface area contributed by atoms with Crippen LogP contribution in [0.5, 0.6) is 0 Å². The minimum Gasteiger partial charge on any atom is -0.480 e. The Morgan fingerprint density at radius 1 is 1.69 bits per heavy atom. The van der Waals surface area contributed by atoms with Gasteiger partial charge in [-0.2, -0.15) is 4.31 Å². The van der Waals surface area contributed by atoms with Crippen molar-refractivity contribution in [3.05, 3.63) is 0 Å². The smallest absolute Gasteiger partial charge is 0.322 e. The lowest BCUT2D eigenvalue weighted by atomic mass is 10.4. The molecule has 8 heteroatoms. The van der Waals surface area contributed by atoms with Crippen molar-refractivity contribution in [3.8, 4) is 0 Å². The Balaban J connectivity index is 2.86. The van der Waals surface area contributed by atoms with Crippen LogP contribution in [0.25, 0.3) is 0 Å². The van der Waals surface area contributed by atoms with Crippen molar-refractivity contribution in [3.63, 3.8) is 0 Å². The van der Waals surface area contributed by atoms with Crippen LogP contribution in [0.4, 0.5) is 0 Å². The zero-order valence-corrected chi connectivity index (χ0v) is 9.73. The van der Waals surface area contributed by atoms with Crippen LogP contribution >= 0.6 is 27.7 Å². The number of aliphatic carboxylic acids is 1. The first kappa shape index (κ1) is 11.3. The molecule has 0 aromatic heterocycles. The number of carboxylic acid groups (broad SMARTS) is 1. The van der Waals surface area contributed by atoms with Gasteiger partial charge in [0.1, 0.15) is 10.7 Å². The highest BCUT2D eigenvalue weighted by molar-refractivity contribution is 9.10. The molecule has 1 saturated heterocycles. The van der Waals surface area contributed by atoms with Gasteiger partial charge in [0.15, 0.2) is 0 Å². The molecule has 1 aliphatic heterocycles. The van der Waals surface area contributed by atoms with Gasteiger partial charge in [0.05, 0.1) is 5.88 Å². The quantitative estimate of drug-likeness (QED) is 0.748. The number of halogens is 1. The highest BCUT2D eigenvalue weighted by Gasteiger charge is 2.38. The maximum absolute atomic E-state index is 11.3. The number of carbonyl (C=O) groups is 1. The maximum Gasteiger partial charge on any atom is 0.322 e. The lowest BCUT2D eigenvalue weighted by molar-refractivity contribution is -0.140. The molecule has 76 valence electrons. The van der Waals surface area contributed by atoms with E-state index in [0.717, 1.165) is 4.31 Å². The third-order valence-corrected chi connectivity index (χ3v) is 5.91. The van der Waals surface area contributed by atoms with Crippen molar-refractivity contribution >= 4 is 43.7 Å². The topological polar surface area (TPSA) is 74.7 Å². The summed E-state index contributed by atoms with van der Waals surface area (Å²) in [6, 6.07) is -0.910. The standard InChI is InChI=1S/C5H8BrNO4S2/c6-2-13(10,11)7-3-12-1-4(7)5(8)9/h4H,1-3H2,(H,8,9). The van der Waals surface area contributed by atoms with E-state index in [4.69, 9.17) is 5.11 Å². The molecule has 0 spiro atoms. The molecule has 1 aliphatic rings. The summed E-state index contributed by atoms with van der Waals surface area (Å²) in [7, 11) is -3.44. The minimum absolute atomic E-state index is 0.227. The van der Waals surface area contributed by atoms with Gasteiger partial charge in [0.25, 0.3) is 0 Å². The van der Waals surface area contributed by atoms with E-state index < -0.39 is 22.0 Å². The lowest BCUT2D eigenvalue weighted by Gasteiger charge is -2.18. The summed E-state index contributed by atoms with van der Waals surface area (Å²) < 4.78 is 23.4. The number of thioether (sulfide) groups is 1. The number of sulfonamides is 1. The fourth-order valence-electron chi connectivity index (χ4n) is 0.959. The van der Waals surface area contributed by atoms with Gasteiger partial charge in [0, 0.05) is 5.75 Å². The Labute approximate surface area is 88.7 Å². The van der Waals surface area contributed by atoms with Gasteiger partial charge in [-0.1, -0.05) is 15.9 Å². The monoisotopic (exact) mass is 289 g/mol. The summed E-state index contributed by atoms with van der Waals surface area (Å²) in [4.78, 5) is 10.6. The van der Waals surface area contributed by atoms with Crippen molar-refractivity contribution in [2.45, 2.75) is 6.04 Å². The molecular formula is C5H8BrNO4S2. The van der Waals surface area contributed by atoms with Crippen LogP contribution in [0.1, 0.15) is 0 Å². The summed E-state index contributed by atoms with van der Waals surface area (Å²) in [6.07, 6.45) is 0.